The van der Waals surface area contributed by atoms with Crippen molar-refractivity contribution in [2.75, 3.05) is 33.3 Å². The highest BCUT2D eigenvalue weighted by molar-refractivity contribution is 5.69. The molecule has 0 saturated carbocycles. The maximum absolute atomic E-state index is 11.5. The van der Waals surface area contributed by atoms with Crippen LogP contribution in [-0.4, -0.2) is 61.3 Å². The van der Waals surface area contributed by atoms with Crippen LogP contribution in [0.15, 0.2) is 0 Å². The minimum atomic E-state index is -0.154. The monoisotopic (exact) mass is 255 g/mol. The van der Waals surface area contributed by atoms with Gasteiger partial charge in [0.25, 0.3) is 0 Å². The molecule has 3 fully saturated rings. The highest BCUT2D eigenvalue weighted by Gasteiger charge is 2.47. The molecule has 3 aliphatic heterocycles. The lowest BCUT2D eigenvalue weighted by atomic mass is 9.88. The van der Waals surface area contributed by atoms with Crippen molar-refractivity contribution in [1.29, 1.82) is 0 Å². The van der Waals surface area contributed by atoms with E-state index in [1.165, 1.54) is 26.4 Å². The van der Waals surface area contributed by atoms with Gasteiger partial charge in [-0.15, -0.1) is 0 Å². The first-order chi connectivity index (χ1) is 8.76. The summed E-state index contributed by atoms with van der Waals surface area (Å²) in [6.45, 7) is 4.00. The van der Waals surface area contributed by atoms with E-state index in [1.54, 1.807) is 0 Å². The van der Waals surface area contributed by atoms with E-state index in [4.69, 9.17) is 10.5 Å². The molecular formula is C13H25N3O2. The minimum absolute atomic E-state index is 0.154. The van der Waals surface area contributed by atoms with Crippen molar-refractivity contribution < 1.29 is 9.53 Å². The Labute approximate surface area is 109 Å². The first-order valence-electron chi connectivity index (χ1n) is 7.05. The van der Waals surface area contributed by atoms with Crippen molar-refractivity contribution in [3.05, 3.63) is 0 Å². The quantitative estimate of drug-likeness (QED) is 0.720. The van der Waals surface area contributed by atoms with Crippen LogP contribution in [0.2, 0.25) is 0 Å². The third-order valence-electron chi connectivity index (χ3n) is 4.08. The Morgan fingerprint density at radius 2 is 1.89 bits per heavy atom. The van der Waals surface area contributed by atoms with E-state index in [-0.39, 0.29) is 6.09 Å². The predicted molar refractivity (Wildman–Crippen MR) is 70.4 cm³/mol. The highest BCUT2D eigenvalue weighted by atomic mass is 16.5. The average molecular weight is 255 g/mol. The third-order valence-corrected chi connectivity index (χ3v) is 4.08. The number of ether oxygens (including phenoxy) is 1. The van der Waals surface area contributed by atoms with Crippen molar-refractivity contribution >= 4 is 6.09 Å². The number of fused-ring (bicyclic) bond motifs is 2. The van der Waals surface area contributed by atoms with Crippen molar-refractivity contribution in [3.8, 4) is 0 Å². The Morgan fingerprint density at radius 3 is 2.50 bits per heavy atom. The molecule has 0 aromatic heterocycles. The molecule has 18 heavy (non-hydrogen) atoms. The Hall–Kier alpha value is -0.810. The summed E-state index contributed by atoms with van der Waals surface area (Å²) in [6.07, 6.45) is 5.89. The zero-order valence-electron chi connectivity index (χ0n) is 11.3. The molecule has 3 rings (SSSR count). The van der Waals surface area contributed by atoms with E-state index in [1.807, 2.05) is 4.90 Å². The van der Waals surface area contributed by atoms with Crippen LogP contribution < -0.4 is 5.73 Å². The van der Waals surface area contributed by atoms with Gasteiger partial charge >= 0.3 is 6.09 Å². The number of rotatable bonds is 6. The van der Waals surface area contributed by atoms with Gasteiger partial charge in [0.1, 0.15) is 0 Å². The lowest BCUT2D eigenvalue weighted by molar-refractivity contribution is -0.0552. The molecule has 5 nitrogen and oxygen atoms in total. The lowest BCUT2D eigenvalue weighted by Gasteiger charge is -2.55. The summed E-state index contributed by atoms with van der Waals surface area (Å²) >= 11 is 0. The lowest BCUT2D eigenvalue weighted by Crippen LogP contribution is -2.70. The molecule has 0 radical (unpaired) electrons. The molecule has 2 unspecified atom stereocenters. The second kappa shape index (κ2) is 6.38. The Morgan fingerprint density at radius 1 is 1.22 bits per heavy atom. The predicted octanol–water partition coefficient (Wildman–Crippen LogP) is 1.03. The third kappa shape index (κ3) is 2.95. The molecule has 0 aliphatic carbocycles. The number of carbonyl (C=O) groups is 1. The highest BCUT2D eigenvalue weighted by Crippen LogP contribution is 2.32. The second-order valence-electron chi connectivity index (χ2n) is 5.38. The largest absolute Gasteiger partial charge is 0.453 e. The summed E-state index contributed by atoms with van der Waals surface area (Å²) in [4.78, 5) is 15.9. The molecular weight excluding hydrogens is 230 g/mol. The van der Waals surface area contributed by atoms with Crippen LogP contribution in [-0.2, 0) is 4.74 Å². The summed E-state index contributed by atoms with van der Waals surface area (Å²) in [5.41, 5.74) is 5.47. The normalized spacial score (nSPS) is 26.9. The van der Waals surface area contributed by atoms with Gasteiger partial charge in [-0.3, -0.25) is 9.80 Å². The number of piperidine rings is 1. The summed E-state index contributed by atoms with van der Waals surface area (Å²) in [5, 5.41) is 0. The molecule has 3 saturated heterocycles. The fourth-order valence-electron chi connectivity index (χ4n) is 3.12. The number of hydrogen-bond donors (Lipinski definition) is 1. The van der Waals surface area contributed by atoms with Crippen molar-refractivity contribution in [1.82, 2.24) is 9.80 Å². The van der Waals surface area contributed by atoms with Gasteiger partial charge < -0.3 is 10.5 Å². The molecule has 1 amide bonds. The van der Waals surface area contributed by atoms with E-state index in [0.29, 0.717) is 12.1 Å². The van der Waals surface area contributed by atoms with Gasteiger partial charge in [-0.25, -0.2) is 4.79 Å². The summed E-state index contributed by atoms with van der Waals surface area (Å²) in [7, 11) is 1.46. The second-order valence-corrected chi connectivity index (χ2v) is 5.38. The molecule has 2 bridgehead atoms. The van der Waals surface area contributed by atoms with Crippen molar-refractivity contribution in [3.63, 3.8) is 0 Å². The number of carbonyl (C=O) groups excluding carboxylic acids is 1. The fourth-order valence-corrected chi connectivity index (χ4v) is 3.12. The van der Waals surface area contributed by atoms with Crippen LogP contribution in [0.1, 0.15) is 32.1 Å². The molecule has 104 valence electrons. The van der Waals surface area contributed by atoms with Gasteiger partial charge in [-0.2, -0.15) is 0 Å². The fraction of sp³-hybridized carbons (Fsp3) is 0.923. The van der Waals surface area contributed by atoms with Gasteiger partial charge in [-0.05, 0) is 32.4 Å². The number of nitrogens with two attached hydrogens (primary N) is 1. The average Bonchev–Trinajstić information content (AvgIpc) is 2.38. The van der Waals surface area contributed by atoms with Gasteiger partial charge in [0.2, 0.25) is 0 Å². The first kappa shape index (κ1) is 13.6. The zero-order valence-corrected chi connectivity index (χ0v) is 11.3. The zero-order chi connectivity index (χ0) is 13.0. The van der Waals surface area contributed by atoms with Crippen LogP contribution >= 0.6 is 0 Å². The molecule has 5 heteroatoms. The molecule has 3 heterocycles. The standard InChI is InChI=1S/C13H25N3O2/c1-18-13(17)16-11-8-12(16)10-15(9-11)7-5-3-2-4-6-14/h11-12H,2-10,14H2,1H3. The number of methoxy groups -OCH3 is 1. The Bertz CT molecular complexity index is 273. The molecule has 0 spiro atoms. The Kier molecular flexibility index (Phi) is 4.83. The molecule has 3 aliphatic rings. The van der Waals surface area contributed by atoms with E-state index < -0.39 is 0 Å². The summed E-state index contributed by atoms with van der Waals surface area (Å²) in [5.74, 6) is 0. The number of amides is 1. The van der Waals surface area contributed by atoms with Gasteiger partial charge in [0, 0.05) is 13.1 Å². The van der Waals surface area contributed by atoms with Crippen LogP contribution in [0.4, 0.5) is 4.79 Å². The van der Waals surface area contributed by atoms with Gasteiger partial charge in [-0.1, -0.05) is 12.8 Å². The molecule has 0 aromatic carbocycles. The molecule has 0 aromatic rings. The summed E-state index contributed by atoms with van der Waals surface area (Å²) in [6, 6.07) is 0.778. The number of nitrogens with zero attached hydrogens (tertiary/aromatic N) is 2. The van der Waals surface area contributed by atoms with E-state index in [0.717, 1.165) is 39.0 Å². The number of piperazine rings is 1. The Balaban J connectivity index is 1.63. The minimum Gasteiger partial charge on any atom is -0.453 e. The molecule has 2 N–H and O–H groups in total. The van der Waals surface area contributed by atoms with Crippen LogP contribution in [0.5, 0.6) is 0 Å². The van der Waals surface area contributed by atoms with Crippen LogP contribution in [0.25, 0.3) is 0 Å². The van der Waals surface area contributed by atoms with E-state index in [2.05, 4.69) is 4.90 Å². The first-order valence-corrected chi connectivity index (χ1v) is 7.05. The topological polar surface area (TPSA) is 58.8 Å². The maximum atomic E-state index is 11.5. The van der Waals surface area contributed by atoms with E-state index in [9.17, 15) is 4.79 Å². The smallest absolute Gasteiger partial charge is 0.410 e. The van der Waals surface area contributed by atoms with Crippen molar-refractivity contribution in [2.24, 2.45) is 5.73 Å². The molecule has 2 atom stereocenters. The number of hydrogen-bond acceptors (Lipinski definition) is 4. The van der Waals surface area contributed by atoms with Crippen molar-refractivity contribution in [2.45, 2.75) is 44.2 Å². The van der Waals surface area contributed by atoms with Gasteiger partial charge in [0.05, 0.1) is 19.2 Å². The number of unbranched alkanes of at least 4 members (excludes halogenated alkanes) is 3. The SMILES string of the molecule is COC(=O)N1C2CC1CN(CCCCCCN)C2. The van der Waals surface area contributed by atoms with E-state index >= 15 is 0 Å². The maximum Gasteiger partial charge on any atom is 0.410 e. The van der Waals surface area contributed by atoms with Gasteiger partial charge in [0.15, 0.2) is 0 Å². The summed E-state index contributed by atoms with van der Waals surface area (Å²) < 4.78 is 4.81. The van der Waals surface area contributed by atoms with Crippen LogP contribution in [0, 0.1) is 0 Å². The van der Waals surface area contributed by atoms with Crippen LogP contribution in [0.3, 0.4) is 0 Å².